The number of hydrogen-bond donors (Lipinski definition) is 3. The third-order valence-corrected chi connectivity index (χ3v) is 4.70. The number of hydrogen-bond acceptors (Lipinski definition) is 2. The number of para-hydroxylation sites is 1. The largest absolute Gasteiger partial charge is 0.368 e. The quantitative estimate of drug-likeness (QED) is 0.297. The molecule has 6 heteroatoms. The van der Waals surface area contributed by atoms with Gasteiger partial charge in [-0.2, -0.15) is 10.1 Å². The average Bonchev–Trinajstić information content (AvgIpc) is 2.62. The first-order valence-corrected chi connectivity index (χ1v) is 10.2. The van der Waals surface area contributed by atoms with Crippen molar-refractivity contribution >= 4 is 34.7 Å². The zero-order valence-corrected chi connectivity index (χ0v) is 16.4. The lowest BCUT2D eigenvalue weighted by Crippen LogP contribution is -2.30. The molecule has 0 spiro atoms. The SMILES string of the molecule is NC(=NC(=S)Nc1ccccc1)NN=C1CCCCCCCCCCC1. The topological polar surface area (TPSA) is 74.8 Å². The number of nitrogens with zero attached hydrogens (tertiary/aromatic N) is 2. The van der Waals surface area contributed by atoms with E-state index in [2.05, 4.69) is 20.8 Å². The Kier molecular flexibility index (Phi) is 9.72. The first kappa shape index (κ1) is 20.4. The van der Waals surface area contributed by atoms with Crippen LogP contribution in [0.25, 0.3) is 0 Å². The lowest BCUT2D eigenvalue weighted by Gasteiger charge is -2.10. The molecule has 0 amide bonds. The second-order valence-corrected chi connectivity index (χ2v) is 7.15. The summed E-state index contributed by atoms with van der Waals surface area (Å²) in [7, 11) is 0. The molecule has 0 aromatic heterocycles. The molecular weight excluding hydrogens is 342 g/mol. The van der Waals surface area contributed by atoms with Gasteiger partial charge in [0.15, 0.2) is 0 Å². The first-order chi connectivity index (χ1) is 12.7. The summed E-state index contributed by atoms with van der Waals surface area (Å²) in [5, 5.41) is 7.85. The number of thiocarbonyl (C=S) groups is 1. The Bertz CT molecular complexity index is 583. The molecule has 26 heavy (non-hydrogen) atoms. The molecule has 0 atom stereocenters. The van der Waals surface area contributed by atoms with E-state index in [0.29, 0.717) is 5.11 Å². The number of hydrazone groups is 1. The summed E-state index contributed by atoms with van der Waals surface area (Å²) in [4.78, 5) is 4.16. The van der Waals surface area contributed by atoms with Gasteiger partial charge in [-0.3, -0.25) is 0 Å². The van der Waals surface area contributed by atoms with Crippen LogP contribution < -0.4 is 16.5 Å². The maximum absolute atomic E-state index is 5.92. The van der Waals surface area contributed by atoms with E-state index in [9.17, 15) is 0 Å². The van der Waals surface area contributed by atoms with Crippen molar-refractivity contribution in [3.8, 4) is 0 Å². The Morgan fingerprint density at radius 2 is 1.38 bits per heavy atom. The molecular formula is C20H31N5S. The number of nitrogens with one attached hydrogen (secondary N) is 2. The standard InChI is InChI=1S/C20H31N5S/c21-19(23-20(26)22-17-13-11-8-12-14-17)25-24-18-15-9-6-4-2-1-3-5-7-10-16-18/h8,11-14H,1-7,9-10,15-16H2,(H4,21,22,23,25,26). The molecule has 0 radical (unpaired) electrons. The molecule has 0 heterocycles. The van der Waals surface area contributed by atoms with Gasteiger partial charge in [0.2, 0.25) is 11.1 Å². The number of anilines is 1. The molecule has 142 valence electrons. The molecule has 1 aliphatic carbocycles. The Labute approximate surface area is 162 Å². The van der Waals surface area contributed by atoms with Crippen molar-refractivity contribution in [1.82, 2.24) is 5.43 Å². The second kappa shape index (κ2) is 12.4. The third kappa shape index (κ3) is 8.94. The summed E-state index contributed by atoms with van der Waals surface area (Å²) in [6.45, 7) is 0. The van der Waals surface area contributed by atoms with Gasteiger partial charge in [0.25, 0.3) is 0 Å². The van der Waals surface area contributed by atoms with Gasteiger partial charge in [-0.1, -0.05) is 63.1 Å². The molecule has 1 aliphatic rings. The molecule has 1 saturated carbocycles. The normalized spacial score (nSPS) is 17.5. The minimum atomic E-state index is 0.219. The molecule has 1 fully saturated rings. The summed E-state index contributed by atoms with van der Waals surface area (Å²) >= 11 is 5.22. The maximum Gasteiger partial charge on any atom is 0.216 e. The van der Waals surface area contributed by atoms with Crippen molar-refractivity contribution in [3.63, 3.8) is 0 Å². The number of rotatable bonds is 2. The minimum Gasteiger partial charge on any atom is -0.368 e. The van der Waals surface area contributed by atoms with Crippen molar-refractivity contribution in [2.75, 3.05) is 5.32 Å². The summed E-state index contributed by atoms with van der Waals surface area (Å²) < 4.78 is 0. The minimum absolute atomic E-state index is 0.219. The van der Waals surface area contributed by atoms with Crippen LogP contribution in [0.5, 0.6) is 0 Å². The summed E-state index contributed by atoms with van der Waals surface area (Å²) in [5.41, 5.74) is 10.9. The molecule has 0 bridgehead atoms. The summed E-state index contributed by atoms with van der Waals surface area (Å²) in [6.07, 6.45) is 13.9. The smallest absolute Gasteiger partial charge is 0.216 e. The monoisotopic (exact) mass is 373 g/mol. The average molecular weight is 374 g/mol. The predicted molar refractivity (Wildman–Crippen MR) is 116 cm³/mol. The highest BCUT2D eigenvalue weighted by Gasteiger charge is 2.04. The number of nitrogens with two attached hydrogens (primary N) is 1. The van der Waals surface area contributed by atoms with Crippen molar-refractivity contribution in [1.29, 1.82) is 0 Å². The van der Waals surface area contributed by atoms with Crippen LogP contribution in [0.2, 0.25) is 0 Å². The van der Waals surface area contributed by atoms with Gasteiger partial charge in [-0.25, -0.2) is 5.43 Å². The molecule has 2 rings (SSSR count). The van der Waals surface area contributed by atoms with Crippen LogP contribution in [0.1, 0.15) is 70.6 Å². The van der Waals surface area contributed by atoms with E-state index >= 15 is 0 Å². The fourth-order valence-corrected chi connectivity index (χ4v) is 3.29. The van der Waals surface area contributed by atoms with Crippen LogP contribution in [0, 0.1) is 0 Å². The van der Waals surface area contributed by atoms with Crippen molar-refractivity contribution in [2.24, 2.45) is 15.8 Å². The Hall–Kier alpha value is -1.95. The number of guanidine groups is 1. The van der Waals surface area contributed by atoms with Gasteiger partial charge in [0.05, 0.1) is 0 Å². The van der Waals surface area contributed by atoms with Gasteiger partial charge < -0.3 is 11.1 Å². The number of aliphatic imine (C=N–C) groups is 1. The van der Waals surface area contributed by atoms with E-state index in [1.165, 1.54) is 63.5 Å². The lowest BCUT2D eigenvalue weighted by molar-refractivity contribution is 0.555. The fourth-order valence-electron chi connectivity index (χ4n) is 3.08. The van der Waals surface area contributed by atoms with Gasteiger partial charge in [0, 0.05) is 11.4 Å². The second-order valence-electron chi connectivity index (χ2n) is 6.77. The number of benzene rings is 1. The first-order valence-electron chi connectivity index (χ1n) is 9.76. The molecule has 0 unspecified atom stereocenters. The molecule has 1 aromatic carbocycles. The van der Waals surface area contributed by atoms with E-state index < -0.39 is 0 Å². The van der Waals surface area contributed by atoms with Crippen LogP contribution in [0.4, 0.5) is 5.69 Å². The maximum atomic E-state index is 5.92. The Balaban J connectivity index is 1.84. The van der Waals surface area contributed by atoms with Crippen LogP contribution in [-0.2, 0) is 0 Å². The van der Waals surface area contributed by atoms with Crippen LogP contribution in [0.3, 0.4) is 0 Å². The molecule has 5 nitrogen and oxygen atoms in total. The van der Waals surface area contributed by atoms with Gasteiger partial charge in [0.1, 0.15) is 0 Å². The Morgan fingerprint density at radius 1 is 0.846 bits per heavy atom. The van der Waals surface area contributed by atoms with E-state index in [-0.39, 0.29) is 5.96 Å². The Morgan fingerprint density at radius 3 is 1.96 bits per heavy atom. The van der Waals surface area contributed by atoms with Gasteiger partial charge in [-0.15, -0.1) is 0 Å². The highest BCUT2D eigenvalue weighted by molar-refractivity contribution is 7.80. The zero-order valence-electron chi connectivity index (χ0n) is 15.5. The highest BCUT2D eigenvalue weighted by Crippen LogP contribution is 2.15. The van der Waals surface area contributed by atoms with Crippen molar-refractivity contribution in [2.45, 2.75) is 70.6 Å². The van der Waals surface area contributed by atoms with Crippen LogP contribution in [0.15, 0.2) is 40.4 Å². The van der Waals surface area contributed by atoms with Gasteiger partial charge >= 0.3 is 0 Å². The van der Waals surface area contributed by atoms with Crippen LogP contribution >= 0.6 is 12.2 Å². The third-order valence-electron chi connectivity index (χ3n) is 4.51. The van der Waals surface area contributed by atoms with E-state index in [1.807, 2.05) is 30.3 Å². The predicted octanol–water partition coefficient (Wildman–Crippen LogP) is 4.95. The molecule has 4 N–H and O–H groups in total. The summed E-state index contributed by atoms with van der Waals surface area (Å²) in [6, 6.07) is 9.68. The van der Waals surface area contributed by atoms with E-state index in [1.54, 1.807) is 0 Å². The van der Waals surface area contributed by atoms with E-state index in [0.717, 1.165) is 18.5 Å². The van der Waals surface area contributed by atoms with E-state index in [4.69, 9.17) is 18.0 Å². The highest BCUT2D eigenvalue weighted by atomic mass is 32.1. The van der Waals surface area contributed by atoms with Crippen molar-refractivity contribution < 1.29 is 0 Å². The van der Waals surface area contributed by atoms with Crippen LogP contribution in [-0.4, -0.2) is 16.8 Å². The lowest BCUT2D eigenvalue weighted by atomic mass is 10.00. The summed E-state index contributed by atoms with van der Waals surface area (Å²) in [5.74, 6) is 0.219. The molecule has 0 aliphatic heterocycles. The molecule has 0 saturated heterocycles. The zero-order chi connectivity index (χ0) is 18.5. The van der Waals surface area contributed by atoms with Gasteiger partial charge in [-0.05, 0) is 50.0 Å². The molecule has 1 aromatic rings. The fraction of sp³-hybridized carbons (Fsp3) is 0.550. The van der Waals surface area contributed by atoms with Crippen molar-refractivity contribution in [3.05, 3.63) is 30.3 Å².